The fourth-order valence-corrected chi connectivity index (χ4v) is 4.43. The quantitative estimate of drug-likeness (QED) is 0.460. The van der Waals surface area contributed by atoms with Gasteiger partial charge in [0.25, 0.3) is 11.7 Å². The zero-order chi connectivity index (χ0) is 27.6. The maximum atomic E-state index is 13.8. The number of carbonyl (C=O) groups is 4. The van der Waals surface area contributed by atoms with Crippen molar-refractivity contribution in [3.8, 4) is 0 Å². The number of carbonyl (C=O) groups excluding carboxylic acids is 4. The van der Waals surface area contributed by atoms with Gasteiger partial charge >= 0.3 is 0 Å². The monoisotopic (exact) mass is 512 g/mol. The van der Waals surface area contributed by atoms with E-state index in [1.54, 1.807) is 38.1 Å². The molecule has 1 aliphatic heterocycles. The van der Waals surface area contributed by atoms with Crippen LogP contribution in [-0.4, -0.2) is 54.6 Å². The first-order valence-electron chi connectivity index (χ1n) is 12.4. The van der Waals surface area contributed by atoms with Crippen LogP contribution in [0.4, 0.5) is 17.1 Å². The van der Waals surface area contributed by atoms with E-state index in [1.165, 1.54) is 9.80 Å². The van der Waals surface area contributed by atoms with E-state index < -0.39 is 23.1 Å². The van der Waals surface area contributed by atoms with E-state index in [-0.39, 0.29) is 24.6 Å². The number of nitrogens with zero attached hydrogens (tertiary/aromatic N) is 3. The summed E-state index contributed by atoms with van der Waals surface area (Å²) in [6.45, 7) is 5.09. The van der Waals surface area contributed by atoms with Crippen LogP contribution in [0.3, 0.4) is 0 Å². The fourth-order valence-electron chi connectivity index (χ4n) is 4.43. The minimum absolute atomic E-state index is 0.156. The molecule has 0 atom stereocenters. The third-order valence-corrected chi connectivity index (χ3v) is 6.94. The first-order valence-corrected chi connectivity index (χ1v) is 12.4. The van der Waals surface area contributed by atoms with Crippen LogP contribution in [0.5, 0.6) is 0 Å². The molecule has 1 heterocycles. The predicted molar refractivity (Wildman–Crippen MR) is 148 cm³/mol. The van der Waals surface area contributed by atoms with Crippen molar-refractivity contribution in [3.63, 3.8) is 0 Å². The van der Waals surface area contributed by atoms with E-state index in [0.717, 1.165) is 16.8 Å². The second-order valence-electron chi connectivity index (χ2n) is 10.1. The summed E-state index contributed by atoms with van der Waals surface area (Å²) in [7, 11) is 3.87. The van der Waals surface area contributed by atoms with Gasteiger partial charge in [0, 0.05) is 32.0 Å². The summed E-state index contributed by atoms with van der Waals surface area (Å²) in [5, 5.41) is 2.92. The van der Waals surface area contributed by atoms with Crippen molar-refractivity contribution < 1.29 is 19.2 Å². The van der Waals surface area contributed by atoms with Gasteiger partial charge in [-0.25, -0.2) is 0 Å². The van der Waals surface area contributed by atoms with Gasteiger partial charge in [0.1, 0.15) is 12.1 Å². The molecule has 196 valence electrons. The van der Waals surface area contributed by atoms with Crippen molar-refractivity contribution in [1.29, 1.82) is 0 Å². The Kier molecular flexibility index (Phi) is 7.35. The van der Waals surface area contributed by atoms with Gasteiger partial charge in [0.05, 0.1) is 11.3 Å². The van der Waals surface area contributed by atoms with Crippen molar-refractivity contribution in [3.05, 3.63) is 89.5 Å². The van der Waals surface area contributed by atoms with E-state index >= 15 is 0 Å². The molecule has 0 bridgehead atoms. The predicted octanol–water partition coefficient (Wildman–Crippen LogP) is 4.04. The number of anilines is 3. The Balaban J connectivity index is 1.63. The van der Waals surface area contributed by atoms with Crippen LogP contribution in [0, 0.1) is 6.92 Å². The molecule has 1 N–H and O–H groups in total. The molecule has 0 saturated carbocycles. The highest BCUT2D eigenvalue weighted by atomic mass is 16.2. The van der Waals surface area contributed by atoms with E-state index in [4.69, 9.17) is 0 Å². The zero-order valence-corrected chi connectivity index (χ0v) is 22.3. The van der Waals surface area contributed by atoms with Gasteiger partial charge in [-0.15, -0.1) is 0 Å². The molecular formula is C30H32N4O4. The van der Waals surface area contributed by atoms with Gasteiger partial charge in [-0.2, -0.15) is 0 Å². The van der Waals surface area contributed by atoms with Gasteiger partial charge in [-0.3, -0.25) is 24.1 Å². The number of aryl methyl sites for hydroxylation is 1. The summed E-state index contributed by atoms with van der Waals surface area (Å²) in [6.07, 6.45) is 0. The Hall–Kier alpha value is -4.46. The summed E-state index contributed by atoms with van der Waals surface area (Å²) in [5.74, 6) is -2.22. The number of hydrogen-bond donors (Lipinski definition) is 1. The lowest BCUT2D eigenvalue weighted by Crippen LogP contribution is -2.57. The average Bonchev–Trinajstić information content (AvgIpc) is 3.13. The third kappa shape index (κ3) is 5.16. The molecule has 1 aliphatic rings. The van der Waals surface area contributed by atoms with Crippen molar-refractivity contribution >= 4 is 40.6 Å². The average molecular weight is 513 g/mol. The molecule has 4 rings (SSSR count). The number of benzene rings is 3. The Morgan fingerprint density at radius 3 is 2.18 bits per heavy atom. The molecule has 0 radical (unpaired) electrons. The Morgan fingerprint density at radius 1 is 0.895 bits per heavy atom. The van der Waals surface area contributed by atoms with E-state index in [0.29, 0.717) is 11.4 Å². The van der Waals surface area contributed by atoms with E-state index in [9.17, 15) is 19.2 Å². The van der Waals surface area contributed by atoms with Crippen LogP contribution >= 0.6 is 0 Å². The molecule has 0 spiro atoms. The minimum atomic E-state index is -1.29. The molecule has 8 nitrogen and oxygen atoms in total. The lowest BCUT2D eigenvalue weighted by Gasteiger charge is -2.38. The normalized spacial score (nSPS) is 12.8. The second-order valence-corrected chi connectivity index (χ2v) is 10.1. The summed E-state index contributed by atoms with van der Waals surface area (Å²) in [4.78, 5) is 57.3. The van der Waals surface area contributed by atoms with Crippen LogP contribution in [0.1, 0.15) is 35.3 Å². The highest BCUT2D eigenvalue weighted by Crippen LogP contribution is 2.30. The molecule has 0 aliphatic carbocycles. The Labute approximate surface area is 222 Å². The number of amides is 3. The van der Waals surface area contributed by atoms with Crippen LogP contribution in [0.2, 0.25) is 0 Å². The molecular weight excluding hydrogens is 480 g/mol. The number of nitrogens with one attached hydrogen (secondary N) is 1. The summed E-state index contributed by atoms with van der Waals surface area (Å²) in [6, 6.07) is 21.7. The number of ketones is 1. The van der Waals surface area contributed by atoms with Crippen molar-refractivity contribution in [2.24, 2.45) is 0 Å². The molecule has 0 fully saturated rings. The van der Waals surface area contributed by atoms with Crippen LogP contribution in [0.15, 0.2) is 72.8 Å². The van der Waals surface area contributed by atoms with Crippen molar-refractivity contribution in [1.82, 2.24) is 4.90 Å². The molecule has 0 aromatic heterocycles. The third-order valence-electron chi connectivity index (χ3n) is 6.94. The lowest BCUT2D eigenvalue weighted by molar-refractivity contribution is -0.143. The number of fused-ring (bicyclic) bond motifs is 1. The summed E-state index contributed by atoms with van der Waals surface area (Å²) >= 11 is 0. The molecule has 3 aromatic carbocycles. The molecule has 0 unspecified atom stereocenters. The zero-order valence-electron chi connectivity index (χ0n) is 22.3. The highest BCUT2D eigenvalue weighted by molar-refractivity contribution is 6.52. The van der Waals surface area contributed by atoms with E-state index in [1.807, 2.05) is 74.4 Å². The van der Waals surface area contributed by atoms with Gasteiger partial charge in [0.15, 0.2) is 0 Å². The second kappa shape index (κ2) is 10.5. The van der Waals surface area contributed by atoms with Crippen LogP contribution in [0.25, 0.3) is 0 Å². The molecule has 38 heavy (non-hydrogen) atoms. The van der Waals surface area contributed by atoms with Gasteiger partial charge in [-0.05, 0) is 68.3 Å². The van der Waals surface area contributed by atoms with Gasteiger partial charge in [-0.1, -0.05) is 36.4 Å². The summed E-state index contributed by atoms with van der Waals surface area (Å²) < 4.78 is 0. The van der Waals surface area contributed by atoms with Crippen LogP contribution in [-0.2, 0) is 20.9 Å². The van der Waals surface area contributed by atoms with Crippen molar-refractivity contribution in [2.45, 2.75) is 32.9 Å². The van der Waals surface area contributed by atoms with Gasteiger partial charge in [0.2, 0.25) is 11.8 Å². The smallest absolute Gasteiger partial charge is 0.299 e. The van der Waals surface area contributed by atoms with Gasteiger partial charge < -0.3 is 15.1 Å². The Bertz CT molecular complexity index is 1400. The topological polar surface area (TPSA) is 90.0 Å². The maximum Gasteiger partial charge on any atom is 0.299 e. The number of rotatable bonds is 8. The molecule has 3 amide bonds. The largest absolute Gasteiger partial charge is 0.378 e. The van der Waals surface area contributed by atoms with E-state index in [2.05, 4.69) is 5.32 Å². The Morgan fingerprint density at radius 2 is 1.53 bits per heavy atom. The lowest BCUT2D eigenvalue weighted by atomic mass is 9.98. The maximum absolute atomic E-state index is 13.8. The first-order chi connectivity index (χ1) is 18.0. The molecule has 3 aromatic rings. The van der Waals surface area contributed by atoms with Crippen molar-refractivity contribution in [2.75, 3.05) is 35.8 Å². The van der Waals surface area contributed by atoms with Crippen LogP contribution < -0.4 is 15.1 Å². The fraction of sp³-hybridized carbons (Fsp3) is 0.267. The minimum Gasteiger partial charge on any atom is -0.378 e. The standard InChI is InChI=1S/C30H32N4O4/c1-20-10-6-7-11-21(20)18-34(26(35)19-33-25-13-9-8-12-24(25)27(36)28(33)37)30(2,3)29(38)31-22-14-16-23(17-15-22)32(4)5/h6-17H,18-19H2,1-5H3,(H,31,38). The summed E-state index contributed by atoms with van der Waals surface area (Å²) in [5.41, 5.74) is 2.82. The number of Topliss-reactive ketones (excluding diaryl/α,β-unsaturated/α-hetero) is 1. The molecule has 8 heteroatoms. The molecule has 0 saturated heterocycles. The first kappa shape index (κ1) is 26.6. The highest BCUT2D eigenvalue weighted by Gasteiger charge is 2.42. The number of para-hydroxylation sites is 1. The number of hydrogen-bond acceptors (Lipinski definition) is 5. The SMILES string of the molecule is Cc1ccccc1CN(C(=O)CN1C(=O)C(=O)c2ccccc21)C(C)(C)C(=O)Nc1ccc(N(C)C)cc1.